The second-order valence-corrected chi connectivity index (χ2v) is 12.8. The summed E-state index contributed by atoms with van der Waals surface area (Å²) in [4.78, 5) is 28.5. The first-order valence-corrected chi connectivity index (χ1v) is 16.2. The molecular weight excluding hydrogens is 585 g/mol. The summed E-state index contributed by atoms with van der Waals surface area (Å²) in [6.45, 7) is 2.99. The summed E-state index contributed by atoms with van der Waals surface area (Å²) in [6.07, 6.45) is -1.38. The largest absolute Gasteiger partial charge is 0.492 e. The summed E-state index contributed by atoms with van der Waals surface area (Å²) in [5.74, 6) is -0.433. The maximum atomic E-state index is 13.4. The summed E-state index contributed by atoms with van der Waals surface area (Å²) in [7, 11) is -6.92. The third kappa shape index (κ3) is 6.87. The molecule has 0 fully saturated rings. The molecule has 0 aromatic heterocycles. The van der Waals surface area contributed by atoms with Gasteiger partial charge in [0.25, 0.3) is 20.2 Å². The number of hydrogen-bond donors (Lipinski definition) is 0. The van der Waals surface area contributed by atoms with Gasteiger partial charge in [-0.25, -0.2) is 0 Å². The fraction of sp³-hybridized carbons (Fsp3) is 0.565. The van der Waals surface area contributed by atoms with Crippen LogP contribution < -0.4 is 4.74 Å². The van der Waals surface area contributed by atoms with Gasteiger partial charge in [-0.05, 0) is 18.6 Å². The van der Waals surface area contributed by atoms with Crippen LogP contribution >= 0.6 is 23.2 Å². The predicted octanol–water partition coefficient (Wildman–Crippen LogP) is 2.06. The highest BCUT2D eigenvalue weighted by Gasteiger charge is 2.46. The molecule has 3 rings (SSSR count). The molecule has 0 aliphatic heterocycles. The average Bonchev–Trinajstić information content (AvgIpc) is 3.12. The molecule has 2 atom stereocenters. The third-order valence-electron chi connectivity index (χ3n) is 6.07. The maximum absolute atomic E-state index is 13.4. The second kappa shape index (κ2) is 12.2. The molecule has 0 radical (unpaired) electrons. The number of methoxy groups -OCH3 is 1. The summed E-state index contributed by atoms with van der Waals surface area (Å²) >= 11 is 11.7. The monoisotopic (exact) mass is 613 g/mol. The zero-order valence-corrected chi connectivity index (χ0v) is 24.4. The fourth-order valence-corrected chi connectivity index (χ4v) is 6.29. The number of hydrogen-bond acceptors (Lipinski definition) is 11. The van der Waals surface area contributed by atoms with Gasteiger partial charge in [0.15, 0.2) is 11.5 Å². The van der Waals surface area contributed by atoms with Gasteiger partial charge in [0, 0.05) is 60.1 Å². The Balaban J connectivity index is 2.17. The topological polar surface area (TPSA) is 143 Å². The van der Waals surface area contributed by atoms with Gasteiger partial charge in [-0.2, -0.15) is 16.8 Å². The van der Waals surface area contributed by atoms with Crippen molar-refractivity contribution < 1.29 is 44.3 Å². The Morgan fingerprint density at radius 3 is 2.11 bits per heavy atom. The van der Waals surface area contributed by atoms with Crippen LogP contribution in [-0.2, 0) is 39.8 Å². The van der Waals surface area contributed by atoms with E-state index < -0.39 is 44.0 Å². The highest BCUT2D eigenvalue weighted by Crippen LogP contribution is 2.47. The molecule has 0 N–H and O–H groups in total. The quantitative estimate of drug-likeness (QED) is 0.238. The highest BCUT2D eigenvalue weighted by molar-refractivity contribution is 7.86. The molecule has 2 aliphatic rings. The van der Waals surface area contributed by atoms with E-state index in [-0.39, 0.29) is 52.4 Å². The van der Waals surface area contributed by atoms with Gasteiger partial charge >= 0.3 is 0 Å². The van der Waals surface area contributed by atoms with E-state index >= 15 is 0 Å². The Morgan fingerprint density at radius 1 is 0.974 bits per heavy atom. The lowest BCUT2D eigenvalue weighted by Gasteiger charge is -2.25. The van der Waals surface area contributed by atoms with E-state index in [0.29, 0.717) is 31.4 Å². The molecule has 11 nitrogen and oxygen atoms in total. The number of nitrogens with zero attached hydrogens (tertiary/aromatic N) is 1. The number of Topliss-reactive ketones (excluding diaryl/α,β-unsaturated/α-hetero) is 2. The second-order valence-electron chi connectivity index (χ2n) is 8.84. The number of benzene rings is 1. The molecule has 38 heavy (non-hydrogen) atoms. The van der Waals surface area contributed by atoms with Crippen LogP contribution in [0.3, 0.4) is 0 Å². The SMILES string of the molecule is COC1=C(C)C(=O)c2c(cc(OCCN(CCCl)CCCl)c3c2CC(OS(C)(=O)=O)C3OS(C)(=O)=O)C1=O. The number of ether oxygens (including phenoxy) is 2. The fourth-order valence-electron chi connectivity index (χ4n) is 4.60. The van der Waals surface area contributed by atoms with Crippen LogP contribution in [0.4, 0.5) is 0 Å². The highest BCUT2D eigenvalue weighted by atomic mass is 35.5. The minimum absolute atomic E-state index is 0.00302. The van der Waals surface area contributed by atoms with Gasteiger partial charge in [-0.3, -0.25) is 22.9 Å². The Morgan fingerprint density at radius 2 is 1.58 bits per heavy atom. The Kier molecular flexibility index (Phi) is 9.88. The van der Waals surface area contributed by atoms with Gasteiger partial charge < -0.3 is 9.47 Å². The van der Waals surface area contributed by atoms with Crippen molar-refractivity contribution in [2.75, 3.05) is 57.6 Å². The number of alkyl halides is 2. The first-order valence-electron chi connectivity index (χ1n) is 11.5. The van der Waals surface area contributed by atoms with Crippen LogP contribution in [0.25, 0.3) is 0 Å². The zero-order chi connectivity index (χ0) is 28.4. The first kappa shape index (κ1) is 30.8. The molecule has 0 bridgehead atoms. The normalized spacial score (nSPS) is 19.7. The van der Waals surface area contributed by atoms with Crippen LogP contribution in [0, 0.1) is 0 Å². The van der Waals surface area contributed by atoms with Crippen molar-refractivity contribution in [3.8, 4) is 5.75 Å². The number of halogens is 2. The van der Waals surface area contributed by atoms with Crippen molar-refractivity contribution in [3.63, 3.8) is 0 Å². The Bertz CT molecular complexity index is 1350. The van der Waals surface area contributed by atoms with Crippen molar-refractivity contribution >= 4 is 55.0 Å². The first-order chi connectivity index (χ1) is 17.7. The standard InChI is InChI=1S/C23H29Cl2NO10S2/c1-13-20(27)18-14-11-17(35-37(3,29)30)23(36-38(4,31)32)19(14)16(12-15(18)21(28)22(13)33-2)34-10-9-26(7-5-24)8-6-25/h12,17,23H,5-11H2,1-4H3. The molecule has 0 saturated carbocycles. The number of fused-ring (bicyclic) bond motifs is 3. The van der Waals surface area contributed by atoms with Gasteiger partial charge in [-0.15, -0.1) is 23.2 Å². The van der Waals surface area contributed by atoms with Gasteiger partial charge in [0.1, 0.15) is 24.6 Å². The van der Waals surface area contributed by atoms with Crippen molar-refractivity contribution in [2.24, 2.45) is 0 Å². The molecule has 15 heteroatoms. The van der Waals surface area contributed by atoms with E-state index in [9.17, 15) is 26.4 Å². The summed E-state index contributed by atoms with van der Waals surface area (Å²) in [6, 6.07) is 1.33. The lowest BCUT2D eigenvalue weighted by Crippen LogP contribution is -2.32. The van der Waals surface area contributed by atoms with Crippen molar-refractivity contribution in [1.29, 1.82) is 0 Å². The minimum atomic E-state index is -4.12. The van der Waals surface area contributed by atoms with Crippen molar-refractivity contribution in [3.05, 3.63) is 39.7 Å². The van der Waals surface area contributed by atoms with E-state index in [4.69, 9.17) is 41.0 Å². The molecule has 0 saturated heterocycles. The van der Waals surface area contributed by atoms with E-state index in [0.717, 1.165) is 12.5 Å². The number of carbonyl (C=O) groups excluding carboxylic acids is 2. The number of rotatable bonds is 13. The smallest absolute Gasteiger partial charge is 0.265 e. The molecule has 2 unspecified atom stereocenters. The summed E-state index contributed by atoms with van der Waals surface area (Å²) in [5.41, 5.74) is 0.391. The van der Waals surface area contributed by atoms with Crippen molar-refractivity contribution in [1.82, 2.24) is 4.90 Å². The molecule has 0 heterocycles. The Labute approximate surface area is 232 Å². The van der Waals surface area contributed by atoms with Crippen LogP contribution in [0.1, 0.15) is 44.9 Å². The van der Waals surface area contributed by atoms with Crippen LogP contribution in [0.2, 0.25) is 0 Å². The van der Waals surface area contributed by atoms with Gasteiger partial charge in [-0.1, -0.05) is 0 Å². The zero-order valence-electron chi connectivity index (χ0n) is 21.3. The number of allylic oxidation sites excluding steroid dienone is 2. The maximum Gasteiger partial charge on any atom is 0.265 e. The lowest BCUT2D eigenvalue weighted by molar-refractivity contribution is 0.0759. The van der Waals surface area contributed by atoms with E-state index in [1.165, 1.54) is 20.1 Å². The van der Waals surface area contributed by atoms with Gasteiger partial charge in [0.05, 0.1) is 19.6 Å². The summed E-state index contributed by atoms with van der Waals surface area (Å²) < 4.78 is 70.0. The van der Waals surface area contributed by atoms with E-state index in [2.05, 4.69) is 0 Å². The lowest BCUT2D eigenvalue weighted by atomic mass is 9.84. The molecule has 212 valence electrons. The van der Waals surface area contributed by atoms with E-state index in [1.807, 2.05) is 4.90 Å². The third-order valence-corrected chi connectivity index (χ3v) is 7.56. The predicted molar refractivity (Wildman–Crippen MR) is 140 cm³/mol. The Hall–Kier alpha value is -1.74. The van der Waals surface area contributed by atoms with Gasteiger partial charge in [0.2, 0.25) is 5.78 Å². The average molecular weight is 615 g/mol. The molecule has 1 aromatic rings. The van der Waals surface area contributed by atoms with E-state index in [1.54, 1.807) is 0 Å². The molecular formula is C23H29Cl2NO10S2. The number of carbonyl (C=O) groups is 2. The molecule has 2 aliphatic carbocycles. The van der Waals surface area contributed by atoms with Crippen LogP contribution in [0.5, 0.6) is 5.75 Å². The molecule has 0 spiro atoms. The minimum Gasteiger partial charge on any atom is -0.492 e. The molecule has 1 aromatic carbocycles. The molecule has 0 amide bonds. The van der Waals surface area contributed by atoms with Crippen LogP contribution in [0.15, 0.2) is 17.4 Å². The van der Waals surface area contributed by atoms with Crippen LogP contribution in [-0.4, -0.2) is 97.0 Å². The van der Waals surface area contributed by atoms with Crippen molar-refractivity contribution in [2.45, 2.75) is 25.6 Å². The summed E-state index contributed by atoms with van der Waals surface area (Å²) in [5, 5.41) is 0. The number of ketones is 2.